The lowest BCUT2D eigenvalue weighted by Crippen LogP contribution is -2.25. The largest absolute Gasteiger partial charge is 0.392 e. The first-order valence-electron chi connectivity index (χ1n) is 7.45. The van der Waals surface area contributed by atoms with E-state index in [0.29, 0.717) is 5.71 Å². The van der Waals surface area contributed by atoms with Gasteiger partial charge in [0.2, 0.25) is 0 Å². The number of carbonyl (C=O) groups is 1. The lowest BCUT2D eigenvalue weighted by atomic mass is 10.1. The number of fused-ring (bicyclic) bond motifs is 1. The maximum absolute atomic E-state index is 12.8. The van der Waals surface area contributed by atoms with Crippen LogP contribution in [0.1, 0.15) is 25.8 Å². The Balaban J connectivity index is 2.04. The molecule has 3 rings (SSSR count). The molecule has 0 aliphatic carbocycles. The minimum Gasteiger partial charge on any atom is -0.392 e. The van der Waals surface area contributed by atoms with Gasteiger partial charge >= 0.3 is 0 Å². The summed E-state index contributed by atoms with van der Waals surface area (Å²) in [6.07, 6.45) is 0.827. The van der Waals surface area contributed by atoms with E-state index in [1.165, 1.54) is 0 Å². The number of amides is 1. The van der Waals surface area contributed by atoms with Crippen LogP contribution >= 0.6 is 0 Å². The fourth-order valence-electron chi connectivity index (χ4n) is 2.34. The van der Waals surface area contributed by atoms with Gasteiger partial charge < -0.3 is 4.84 Å². The second-order valence-corrected chi connectivity index (χ2v) is 5.26. The highest BCUT2D eigenvalue weighted by Gasteiger charge is 2.35. The Labute approximate surface area is 130 Å². The first-order valence-corrected chi connectivity index (χ1v) is 7.45. The highest BCUT2D eigenvalue weighted by molar-refractivity contribution is 6.55. The zero-order valence-corrected chi connectivity index (χ0v) is 12.7. The quantitative estimate of drug-likeness (QED) is 0.803. The van der Waals surface area contributed by atoms with Crippen molar-refractivity contribution in [2.75, 3.05) is 4.90 Å². The van der Waals surface area contributed by atoms with Gasteiger partial charge in [0.05, 0.1) is 5.69 Å². The van der Waals surface area contributed by atoms with Gasteiger partial charge in [-0.2, -0.15) is 0 Å². The topological polar surface area (TPSA) is 41.9 Å². The van der Waals surface area contributed by atoms with E-state index in [2.05, 4.69) is 5.16 Å². The summed E-state index contributed by atoms with van der Waals surface area (Å²) in [4.78, 5) is 19.9. The van der Waals surface area contributed by atoms with Crippen LogP contribution in [0.25, 0.3) is 0 Å². The third-order valence-electron chi connectivity index (χ3n) is 3.72. The summed E-state index contributed by atoms with van der Waals surface area (Å²) in [5, 5.41) is 4.12. The van der Waals surface area contributed by atoms with E-state index in [9.17, 15) is 4.79 Å². The maximum atomic E-state index is 12.8. The number of para-hydroxylation sites is 2. The molecule has 0 unspecified atom stereocenters. The summed E-state index contributed by atoms with van der Waals surface area (Å²) in [5.74, 6) is -0.157. The SMILES string of the molecule is CC[C@H](C)O/N=C1/C(=O)N(c2ccccc2)c2ccccc21. The maximum Gasteiger partial charge on any atom is 0.285 e. The average molecular weight is 294 g/mol. The van der Waals surface area contributed by atoms with Crippen molar-refractivity contribution in [3.05, 3.63) is 60.2 Å². The monoisotopic (exact) mass is 294 g/mol. The number of anilines is 2. The highest BCUT2D eigenvalue weighted by atomic mass is 16.6. The van der Waals surface area contributed by atoms with Crippen molar-refractivity contribution in [2.45, 2.75) is 26.4 Å². The predicted octanol–water partition coefficient (Wildman–Crippen LogP) is 3.88. The molecule has 1 atom stereocenters. The molecular weight excluding hydrogens is 276 g/mol. The van der Waals surface area contributed by atoms with Crippen LogP contribution in [0.3, 0.4) is 0 Å². The van der Waals surface area contributed by atoms with Gasteiger partial charge in [-0.25, -0.2) is 0 Å². The Bertz CT molecular complexity index is 710. The molecular formula is C18H18N2O2. The smallest absolute Gasteiger partial charge is 0.285 e. The molecule has 112 valence electrons. The second kappa shape index (κ2) is 6.02. The Morgan fingerprint density at radius 3 is 2.50 bits per heavy atom. The van der Waals surface area contributed by atoms with Gasteiger partial charge in [0.15, 0.2) is 5.71 Å². The summed E-state index contributed by atoms with van der Waals surface area (Å²) in [6.45, 7) is 3.95. The Morgan fingerprint density at radius 1 is 1.09 bits per heavy atom. The third kappa shape index (κ3) is 2.48. The first kappa shape index (κ1) is 14.3. The second-order valence-electron chi connectivity index (χ2n) is 5.26. The summed E-state index contributed by atoms with van der Waals surface area (Å²) in [7, 11) is 0. The molecule has 0 aromatic heterocycles. The minimum atomic E-state index is -0.157. The van der Waals surface area contributed by atoms with Gasteiger partial charge in [-0.1, -0.05) is 48.5 Å². The number of hydrogen-bond donors (Lipinski definition) is 0. The van der Waals surface area contributed by atoms with E-state index in [0.717, 1.165) is 23.4 Å². The molecule has 0 radical (unpaired) electrons. The molecule has 0 bridgehead atoms. The zero-order valence-electron chi connectivity index (χ0n) is 12.7. The summed E-state index contributed by atoms with van der Waals surface area (Å²) < 4.78 is 0. The first-order chi connectivity index (χ1) is 10.7. The molecule has 4 nitrogen and oxygen atoms in total. The third-order valence-corrected chi connectivity index (χ3v) is 3.72. The highest BCUT2D eigenvalue weighted by Crippen LogP contribution is 2.35. The van der Waals surface area contributed by atoms with Gasteiger partial charge in [0.1, 0.15) is 6.10 Å². The van der Waals surface area contributed by atoms with Crippen molar-refractivity contribution in [3.8, 4) is 0 Å². The van der Waals surface area contributed by atoms with E-state index in [-0.39, 0.29) is 12.0 Å². The molecule has 2 aromatic carbocycles. The molecule has 0 N–H and O–H groups in total. The van der Waals surface area contributed by atoms with Crippen LogP contribution in [0.5, 0.6) is 0 Å². The zero-order chi connectivity index (χ0) is 15.5. The van der Waals surface area contributed by atoms with Crippen molar-refractivity contribution in [1.82, 2.24) is 0 Å². The summed E-state index contributed by atoms with van der Waals surface area (Å²) >= 11 is 0. The molecule has 0 saturated heterocycles. The molecule has 0 spiro atoms. The van der Waals surface area contributed by atoms with Crippen LogP contribution in [0, 0.1) is 0 Å². The van der Waals surface area contributed by atoms with Gasteiger partial charge in [0.25, 0.3) is 5.91 Å². The van der Waals surface area contributed by atoms with Crippen molar-refractivity contribution in [2.24, 2.45) is 5.16 Å². The van der Waals surface area contributed by atoms with Crippen molar-refractivity contribution in [3.63, 3.8) is 0 Å². The fourth-order valence-corrected chi connectivity index (χ4v) is 2.34. The summed E-state index contributed by atoms with van der Waals surface area (Å²) in [6, 6.07) is 17.2. The number of rotatable bonds is 4. The predicted molar refractivity (Wildman–Crippen MR) is 87.4 cm³/mol. The average Bonchev–Trinajstić information content (AvgIpc) is 2.85. The Hall–Kier alpha value is -2.62. The number of hydrogen-bond acceptors (Lipinski definition) is 3. The Kier molecular flexibility index (Phi) is 3.92. The molecule has 1 amide bonds. The number of benzene rings is 2. The van der Waals surface area contributed by atoms with Gasteiger partial charge in [-0.15, -0.1) is 0 Å². The number of carbonyl (C=O) groups excluding carboxylic acids is 1. The molecule has 1 heterocycles. The van der Waals surface area contributed by atoms with E-state index in [4.69, 9.17) is 4.84 Å². The van der Waals surface area contributed by atoms with Crippen molar-refractivity contribution < 1.29 is 9.63 Å². The molecule has 0 fully saturated rings. The van der Waals surface area contributed by atoms with Crippen LogP contribution in [0.4, 0.5) is 11.4 Å². The van der Waals surface area contributed by atoms with Crippen molar-refractivity contribution in [1.29, 1.82) is 0 Å². The van der Waals surface area contributed by atoms with Crippen LogP contribution in [0.2, 0.25) is 0 Å². The van der Waals surface area contributed by atoms with Crippen LogP contribution in [-0.2, 0) is 9.63 Å². The van der Waals surface area contributed by atoms with E-state index in [1.807, 2.05) is 68.4 Å². The van der Waals surface area contributed by atoms with Crippen molar-refractivity contribution >= 4 is 23.0 Å². The van der Waals surface area contributed by atoms with E-state index in [1.54, 1.807) is 4.90 Å². The summed E-state index contributed by atoms with van der Waals surface area (Å²) in [5.41, 5.74) is 2.83. The van der Waals surface area contributed by atoms with Crippen LogP contribution in [0.15, 0.2) is 59.8 Å². The molecule has 4 heteroatoms. The number of oxime groups is 1. The lowest BCUT2D eigenvalue weighted by Gasteiger charge is -2.16. The molecule has 2 aromatic rings. The fraction of sp³-hybridized carbons (Fsp3) is 0.222. The molecule has 1 aliphatic heterocycles. The molecule has 0 saturated carbocycles. The van der Waals surface area contributed by atoms with Gasteiger partial charge in [-0.3, -0.25) is 9.69 Å². The number of nitrogens with zero attached hydrogens (tertiary/aromatic N) is 2. The lowest BCUT2D eigenvalue weighted by molar-refractivity contribution is -0.111. The molecule has 22 heavy (non-hydrogen) atoms. The standard InChI is InChI=1S/C18H18N2O2/c1-3-13(2)22-19-17-15-11-7-8-12-16(15)20(18(17)21)14-9-5-4-6-10-14/h4-13H,3H2,1-2H3/b19-17+/t13-/m0/s1. The molecule has 1 aliphatic rings. The Morgan fingerprint density at radius 2 is 1.77 bits per heavy atom. The van der Waals surface area contributed by atoms with Gasteiger partial charge in [-0.05, 0) is 31.5 Å². The van der Waals surface area contributed by atoms with Crippen LogP contribution in [-0.4, -0.2) is 17.7 Å². The van der Waals surface area contributed by atoms with E-state index >= 15 is 0 Å². The van der Waals surface area contributed by atoms with Crippen LogP contribution < -0.4 is 4.90 Å². The van der Waals surface area contributed by atoms with Gasteiger partial charge in [0, 0.05) is 11.3 Å². The van der Waals surface area contributed by atoms with E-state index < -0.39 is 0 Å². The minimum absolute atomic E-state index is 0.0155. The normalized spacial score (nSPS) is 16.7.